The molecule has 5 rings (SSSR count). The van der Waals surface area contributed by atoms with Crippen LogP contribution in [0.5, 0.6) is 6.01 Å². The predicted molar refractivity (Wildman–Crippen MR) is 118 cm³/mol. The Bertz CT molecular complexity index is 1270. The van der Waals surface area contributed by atoms with Crippen LogP contribution in [0.1, 0.15) is 18.4 Å². The fourth-order valence-electron chi connectivity index (χ4n) is 3.70. The molecule has 0 spiro atoms. The van der Waals surface area contributed by atoms with Gasteiger partial charge in [0.1, 0.15) is 0 Å². The number of nitrogens with one attached hydrogen (secondary N) is 2. The lowest BCUT2D eigenvalue weighted by atomic mass is 9.94. The number of anilines is 1. The van der Waals surface area contributed by atoms with E-state index in [4.69, 9.17) is 16.3 Å². The molecule has 2 aromatic heterocycles. The van der Waals surface area contributed by atoms with Crippen molar-refractivity contribution in [3.63, 3.8) is 0 Å². The van der Waals surface area contributed by atoms with Crippen molar-refractivity contribution in [2.24, 2.45) is 0 Å². The summed E-state index contributed by atoms with van der Waals surface area (Å²) in [6.07, 6.45) is 4.86. The van der Waals surface area contributed by atoms with E-state index in [2.05, 4.69) is 35.9 Å². The second-order valence-electron chi connectivity index (χ2n) is 7.50. The first-order valence-corrected chi connectivity index (χ1v) is 10.3. The normalized spacial score (nSPS) is 14.1. The van der Waals surface area contributed by atoms with Crippen molar-refractivity contribution >= 4 is 23.2 Å². The lowest BCUT2D eigenvalue weighted by Crippen LogP contribution is -2.27. The first kappa shape index (κ1) is 20.1. The van der Waals surface area contributed by atoms with E-state index in [-0.39, 0.29) is 11.9 Å². The smallest absolute Gasteiger partial charge is 0.316 e. The number of aromatic nitrogens is 6. The van der Waals surface area contributed by atoms with Gasteiger partial charge in [-0.3, -0.25) is 4.79 Å². The molecular formula is C22H18ClN7O2. The van der Waals surface area contributed by atoms with Gasteiger partial charge in [0.25, 0.3) is 0 Å². The number of hydrogen-bond acceptors (Lipinski definition) is 7. The third-order valence-electron chi connectivity index (χ3n) is 5.55. The van der Waals surface area contributed by atoms with Crippen LogP contribution in [0.4, 0.5) is 5.69 Å². The zero-order chi connectivity index (χ0) is 22.1. The second-order valence-corrected chi connectivity index (χ2v) is 7.94. The van der Waals surface area contributed by atoms with E-state index >= 15 is 0 Å². The molecule has 1 fully saturated rings. The number of halogens is 1. The summed E-state index contributed by atoms with van der Waals surface area (Å²) in [5.41, 5.74) is 3.22. The summed E-state index contributed by atoms with van der Waals surface area (Å²) >= 11 is 6.14. The topological polar surface area (TPSA) is 119 Å². The number of amides is 1. The standard InChI is InChI=1S/C22H18ClN7O2/c1-32-21-24-11-13(12-25-21)17-6-5-16(10-18(17)19-27-29-30-28-19)26-20(31)22(7-8-22)14-3-2-4-15(23)9-14/h2-6,9-12H,7-8H2,1H3,(H,26,31)(H,27,28,29,30). The van der Waals surface area contributed by atoms with Gasteiger partial charge >= 0.3 is 6.01 Å². The van der Waals surface area contributed by atoms with Crippen LogP contribution in [0.2, 0.25) is 5.02 Å². The van der Waals surface area contributed by atoms with Crippen LogP contribution >= 0.6 is 11.6 Å². The fourth-order valence-corrected chi connectivity index (χ4v) is 3.89. The maximum Gasteiger partial charge on any atom is 0.316 e. The maximum absolute atomic E-state index is 13.2. The molecule has 0 radical (unpaired) electrons. The van der Waals surface area contributed by atoms with Gasteiger partial charge in [0.2, 0.25) is 11.7 Å². The number of benzene rings is 2. The van der Waals surface area contributed by atoms with E-state index in [0.717, 1.165) is 29.5 Å². The zero-order valence-corrected chi connectivity index (χ0v) is 17.8. The van der Waals surface area contributed by atoms with Crippen molar-refractivity contribution in [3.8, 4) is 28.5 Å². The van der Waals surface area contributed by atoms with Gasteiger partial charge in [-0.15, -0.1) is 10.2 Å². The van der Waals surface area contributed by atoms with E-state index in [9.17, 15) is 4.79 Å². The zero-order valence-electron chi connectivity index (χ0n) is 17.0. The Balaban J connectivity index is 1.48. The Labute approximate surface area is 188 Å². The molecule has 32 heavy (non-hydrogen) atoms. The summed E-state index contributed by atoms with van der Waals surface area (Å²) in [5.74, 6) is 0.322. The van der Waals surface area contributed by atoms with Crippen molar-refractivity contribution in [3.05, 3.63) is 65.4 Å². The molecule has 2 aromatic carbocycles. The highest BCUT2D eigenvalue weighted by atomic mass is 35.5. The lowest BCUT2D eigenvalue weighted by Gasteiger charge is -2.17. The number of methoxy groups -OCH3 is 1. The summed E-state index contributed by atoms with van der Waals surface area (Å²) < 4.78 is 5.03. The van der Waals surface area contributed by atoms with Crippen LogP contribution in [-0.2, 0) is 10.2 Å². The summed E-state index contributed by atoms with van der Waals surface area (Å²) in [5, 5.41) is 18.0. The average molecular weight is 448 g/mol. The number of ether oxygens (including phenoxy) is 1. The van der Waals surface area contributed by atoms with Crippen molar-refractivity contribution in [1.82, 2.24) is 30.6 Å². The van der Waals surface area contributed by atoms with Crippen LogP contribution in [0.15, 0.2) is 54.9 Å². The van der Waals surface area contributed by atoms with Gasteiger partial charge in [-0.1, -0.05) is 29.8 Å². The Morgan fingerprint density at radius 1 is 1.12 bits per heavy atom. The molecule has 10 heteroatoms. The Morgan fingerprint density at radius 2 is 1.94 bits per heavy atom. The Kier molecular flexibility index (Phi) is 5.02. The van der Waals surface area contributed by atoms with Crippen LogP contribution in [0, 0.1) is 0 Å². The number of tetrazole rings is 1. The monoisotopic (exact) mass is 447 g/mol. The van der Waals surface area contributed by atoms with Crippen molar-refractivity contribution in [2.45, 2.75) is 18.3 Å². The second kappa shape index (κ2) is 8.01. The summed E-state index contributed by atoms with van der Waals surface area (Å²) in [6.45, 7) is 0. The number of carbonyl (C=O) groups is 1. The third-order valence-corrected chi connectivity index (χ3v) is 5.78. The predicted octanol–water partition coefficient (Wildman–Crippen LogP) is 3.66. The van der Waals surface area contributed by atoms with Crippen molar-refractivity contribution in [2.75, 3.05) is 12.4 Å². The van der Waals surface area contributed by atoms with E-state index in [1.54, 1.807) is 18.5 Å². The number of H-pyrrole nitrogens is 1. The Morgan fingerprint density at radius 3 is 2.59 bits per heavy atom. The minimum atomic E-state index is -0.556. The summed E-state index contributed by atoms with van der Waals surface area (Å²) in [7, 11) is 1.51. The summed E-state index contributed by atoms with van der Waals surface area (Å²) in [6, 6.07) is 13.2. The number of hydrogen-bond donors (Lipinski definition) is 2. The number of carbonyl (C=O) groups excluding carboxylic acids is 1. The van der Waals surface area contributed by atoms with E-state index in [1.165, 1.54) is 7.11 Å². The van der Waals surface area contributed by atoms with Crippen LogP contribution in [0.25, 0.3) is 22.5 Å². The molecule has 2 heterocycles. The van der Waals surface area contributed by atoms with E-state index < -0.39 is 5.41 Å². The van der Waals surface area contributed by atoms with Gasteiger partial charge in [-0.2, -0.15) is 5.21 Å². The number of rotatable bonds is 6. The molecule has 160 valence electrons. The molecule has 2 N–H and O–H groups in total. The van der Waals surface area contributed by atoms with Gasteiger partial charge in [0, 0.05) is 34.2 Å². The van der Waals surface area contributed by atoms with E-state index in [0.29, 0.717) is 22.1 Å². The van der Waals surface area contributed by atoms with Gasteiger partial charge < -0.3 is 10.1 Å². The highest BCUT2D eigenvalue weighted by molar-refractivity contribution is 6.30. The largest absolute Gasteiger partial charge is 0.467 e. The molecule has 1 amide bonds. The van der Waals surface area contributed by atoms with Gasteiger partial charge in [0.05, 0.1) is 12.5 Å². The minimum absolute atomic E-state index is 0.0700. The van der Waals surface area contributed by atoms with Gasteiger partial charge in [-0.05, 0) is 53.4 Å². The highest BCUT2D eigenvalue weighted by Crippen LogP contribution is 2.49. The molecule has 0 saturated heterocycles. The first-order valence-electron chi connectivity index (χ1n) is 9.91. The number of aromatic amines is 1. The van der Waals surface area contributed by atoms with Crippen LogP contribution in [-0.4, -0.2) is 43.6 Å². The molecule has 1 aliphatic carbocycles. The lowest BCUT2D eigenvalue weighted by molar-refractivity contribution is -0.118. The molecule has 0 bridgehead atoms. The van der Waals surface area contributed by atoms with Crippen molar-refractivity contribution in [1.29, 1.82) is 0 Å². The molecule has 0 aliphatic heterocycles. The molecular weight excluding hydrogens is 430 g/mol. The molecule has 4 aromatic rings. The van der Waals surface area contributed by atoms with Crippen LogP contribution in [0.3, 0.4) is 0 Å². The Hall–Kier alpha value is -3.85. The fraction of sp³-hybridized carbons (Fsp3) is 0.182. The minimum Gasteiger partial charge on any atom is -0.467 e. The maximum atomic E-state index is 13.2. The SMILES string of the molecule is COc1ncc(-c2ccc(NC(=O)C3(c4cccc(Cl)c4)CC3)cc2-c2nn[nH]n2)cn1. The van der Waals surface area contributed by atoms with E-state index in [1.807, 2.05) is 36.4 Å². The number of nitrogens with zero attached hydrogens (tertiary/aromatic N) is 5. The quantitative estimate of drug-likeness (QED) is 0.463. The molecule has 1 aliphatic rings. The third kappa shape index (κ3) is 3.67. The molecule has 0 unspecified atom stereocenters. The van der Waals surface area contributed by atoms with Crippen molar-refractivity contribution < 1.29 is 9.53 Å². The first-order chi connectivity index (χ1) is 15.6. The molecule has 1 saturated carbocycles. The average Bonchev–Trinajstić information content (AvgIpc) is 3.46. The van der Waals surface area contributed by atoms with Gasteiger partial charge in [-0.25, -0.2) is 9.97 Å². The van der Waals surface area contributed by atoms with Crippen LogP contribution < -0.4 is 10.1 Å². The van der Waals surface area contributed by atoms with Gasteiger partial charge in [0.15, 0.2) is 0 Å². The summed E-state index contributed by atoms with van der Waals surface area (Å²) in [4.78, 5) is 21.5. The molecule has 9 nitrogen and oxygen atoms in total. The molecule has 0 atom stereocenters. The highest BCUT2D eigenvalue weighted by Gasteiger charge is 2.51.